The second-order valence-corrected chi connectivity index (χ2v) is 2.24. The summed E-state index contributed by atoms with van der Waals surface area (Å²) in [7, 11) is 0. The van der Waals surface area contributed by atoms with Crippen LogP contribution in [0.4, 0.5) is 0 Å². The van der Waals surface area contributed by atoms with Crippen molar-refractivity contribution in [3.05, 3.63) is 0 Å². The summed E-state index contributed by atoms with van der Waals surface area (Å²) in [5.41, 5.74) is 5.47. The minimum absolute atomic E-state index is 0.372. The molecular formula is C5H13N5. The third kappa shape index (κ3) is 1.44. The summed E-state index contributed by atoms with van der Waals surface area (Å²) in [5.74, 6) is 5.50. The predicted molar refractivity (Wildman–Crippen MR) is 39.7 cm³/mol. The van der Waals surface area contributed by atoms with Crippen molar-refractivity contribution in [2.45, 2.75) is 13.2 Å². The molecule has 5 nitrogen and oxygen atoms in total. The number of hydrazine groups is 1. The molecule has 0 aromatic rings. The normalized spacial score (nSPS) is 27.5. The van der Waals surface area contributed by atoms with Gasteiger partial charge in [0, 0.05) is 6.54 Å². The van der Waals surface area contributed by atoms with Gasteiger partial charge in [0.25, 0.3) is 0 Å². The summed E-state index contributed by atoms with van der Waals surface area (Å²) in [6.07, 6.45) is 1.36. The van der Waals surface area contributed by atoms with Crippen LogP contribution in [0.1, 0.15) is 6.92 Å². The zero-order valence-electron chi connectivity index (χ0n) is 6.07. The summed E-state index contributed by atoms with van der Waals surface area (Å²) in [5, 5.41) is 1.49. The van der Waals surface area contributed by atoms with Gasteiger partial charge in [-0.2, -0.15) is 5.01 Å². The molecule has 1 aliphatic heterocycles. The fourth-order valence-corrected chi connectivity index (χ4v) is 0.760. The molecule has 5 heteroatoms. The average Bonchev–Trinajstić information content (AvgIpc) is 1.95. The third-order valence-corrected chi connectivity index (χ3v) is 1.47. The lowest BCUT2D eigenvalue weighted by atomic mass is 10.6. The molecule has 1 unspecified atom stereocenters. The number of nitrogens with zero attached hydrogens (tertiary/aromatic N) is 3. The monoisotopic (exact) mass is 143 g/mol. The summed E-state index contributed by atoms with van der Waals surface area (Å²) in [6, 6.07) is 0. The lowest BCUT2D eigenvalue weighted by Crippen LogP contribution is -2.54. The zero-order valence-corrected chi connectivity index (χ0v) is 6.07. The van der Waals surface area contributed by atoms with E-state index in [1.54, 1.807) is 6.34 Å². The SMILES string of the molecule is CCN1C=NC(N)N(N)C1. The molecule has 0 amide bonds. The van der Waals surface area contributed by atoms with E-state index in [0.717, 1.165) is 6.54 Å². The minimum atomic E-state index is -0.372. The molecule has 1 heterocycles. The molecule has 0 saturated carbocycles. The van der Waals surface area contributed by atoms with Gasteiger partial charge in [0.2, 0.25) is 0 Å². The maximum absolute atomic E-state index is 5.50. The van der Waals surface area contributed by atoms with Gasteiger partial charge >= 0.3 is 0 Å². The van der Waals surface area contributed by atoms with E-state index in [1.807, 2.05) is 11.8 Å². The van der Waals surface area contributed by atoms with Crippen molar-refractivity contribution in [2.75, 3.05) is 13.2 Å². The van der Waals surface area contributed by atoms with Crippen LogP contribution in [-0.4, -0.2) is 35.8 Å². The highest BCUT2D eigenvalue weighted by atomic mass is 15.6. The van der Waals surface area contributed by atoms with Crippen LogP contribution in [0.3, 0.4) is 0 Å². The van der Waals surface area contributed by atoms with E-state index in [1.165, 1.54) is 5.01 Å². The van der Waals surface area contributed by atoms with Gasteiger partial charge in [0.1, 0.15) is 0 Å². The predicted octanol–water partition coefficient (Wildman–Crippen LogP) is -1.27. The third-order valence-electron chi connectivity index (χ3n) is 1.47. The fourth-order valence-electron chi connectivity index (χ4n) is 0.760. The van der Waals surface area contributed by atoms with Gasteiger partial charge in [-0.05, 0) is 6.92 Å². The average molecular weight is 143 g/mol. The molecule has 4 N–H and O–H groups in total. The summed E-state index contributed by atoms with van der Waals surface area (Å²) in [6.45, 7) is 3.60. The zero-order chi connectivity index (χ0) is 7.56. The Morgan fingerprint density at radius 3 is 3.00 bits per heavy atom. The van der Waals surface area contributed by atoms with Crippen LogP contribution in [0.15, 0.2) is 4.99 Å². The highest BCUT2D eigenvalue weighted by molar-refractivity contribution is 5.55. The number of nitrogens with two attached hydrogens (primary N) is 2. The van der Waals surface area contributed by atoms with Gasteiger partial charge < -0.3 is 4.90 Å². The molecule has 58 valence electrons. The second-order valence-electron chi connectivity index (χ2n) is 2.24. The topological polar surface area (TPSA) is 70.9 Å². The lowest BCUT2D eigenvalue weighted by Gasteiger charge is -2.31. The molecule has 0 saturated heterocycles. The highest BCUT2D eigenvalue weighted by Crippen LogP contribution is 1.96. The molecule has 0 radical (unpaired) electrons. The quantitative estimate of drug-likeness (QED) is 0.449. The Bertz CT molecular complexity index is 134. The number of hydrogen-bond acceptors (Lipinski definition) is 5. The molecule has 1 aliphatic rings. The van der Waals surface area contributed by atoms with E-state index in [0.29, 0.717) is 6.67 Å². The Labute approximate surface area is 60.3 Å². The first kappa shape index (κ1) is 7.46. The van der Waals surface area contributed by atoms with Gasteiger partial charge in [-0.25, -0.2) is 4.99 Å². The fraction of sp³-hybridized carbons (Fsp3) is 0.800. The van der Waals surface area contributed by atoms with E-state index < -0.39 is 0 Å². The van der Waals surface area contributed by atoms with Crippen LogP contribution in [0.2, 0.25) is 0 Å². The van der Waals surface area contributed by atoms with Crippen LogP contribution in [-0.2, 0) is 0 Å². The van der Waals surface area contributed by atoms with E-state index in [4.69, 9.17) is 11.6 Å². The van der Waals surface area contributed by atoms with Crippen molar-refractivity contribution < 1.29 is 0 Å². The van der Waals surface area contributed by atoms with E-state index in [-0.39, 0.29) is 6.29 Å². The highest BCUT2D eigenvalue weighted by Gasteiger charge is 2.14. The molecule has 1 rings (SSSR count). The first-order valence-corrected chi connectivity index (χ1v) is 3.28. The van der Waals surface area contributed by atoms with Crippen LogP contribution >= 0.6 is 0 Å². The van der Waals surface area contributed by atoms with Crippen LogP contribution in [0.5, 0.6) is 0 Å². The summed E-state index contributed by atoms with van der Waals surface area (Å²) < 4.78 is 0. The van der Waals surface area contributed by atoms with Gasteiger partial charge in [-0.15, -0.1) is 0 Å². The maximum atomic E-state index is 5.50. The summed E-state index contributed by atoms with van der Waals surface area (Å²) in [4.78, 5) is 5.92. The molecule has 0 spiro atoms. The van der Waals surface area contributed by atoms with Crippen molar-refractivity contribution in [3.8, 4) is 0 Å². The van der Waals surface area contributed by atoms with Gasteiger partial charge in [-0.3, -0.25) is 11.6 Å². The van der Waals surface area contributed by atoms with Crippen LogP contribution < -0.4 is 11.6 Å². The molecule has 0 aromatic carbocycles. The molecule has 0 aliphatic carbocycles. The van der Waals surface area contributed by atoms with Crippen molar-refractivity contribution in [3.63, 3.8) is 0 Å². The van der Waals surface area contributed by atoms with Crippen molar-refractivity contribution in [1.82, 2.24) is 9.91 Å². The first-order valence-electron chi connectivity index (χ1n) is 3.28. The van der Waals surface area contributed by atoms with E-state index in [9.17, 15) is 0 Å². The molecule has 1 atom stereocenters. The summed E-state index contributed by atoms with van der Waals surface area (Å²) >= 11 is 0. The molecule has 0 bridgehead atoms. The molecule has 10 heavy (non-hydrogen) atoms. The number of aliphatic imine (C=N–C) groups is 1. The minimum Gasteiger partial charge on any atom is -0.349 e. The Hall–Kier alpha value is -0.650. The smallest absolute Gasteiger partial charge is 0.169 e. The van der Waals surface area contributed by atoms with Crippen LogP contribution in [0.25, 0.3) is 0 Å². The van der Waals surface area contributed by atoms with Crippen molar-refractivity contribution in [2.24, 2.45) is 16.6 Å². The first-order chi connectivity index (χ1) is 4.74. The standard InChI is InChI=1S/C5H13N5/c1-2-9-3-8-5(6)10(7)4-9/h3,5H,2,4,6-7H2,1H3. The van der Waals surface area contributed by atoms with Gasteiger partial charge in [0.15, 0.2) is 6.29 Å². The second kappa shape index (κ2) is 2.96. The Kier molecular flexibility index (Phi) is 2.21. The maximum Gasteiger partial charge on any atom is 0.169 e. The van der Waals surface area contributed by atoms with E-state index >= 15 is 0 Å². The van der Waals surface area contributed by atoms with Gasteiger partial charge in [-0.1, -0.05) is 0 Å². The van der Waals surface area contributed by atoms with E-state index in [2.05, 4.69) is 4.99 Å². The molecule has 0 aromatic heterocycles. The number of rotatable bonds is 1. The van der Waals surface area contributed by atoms with Crippen molar-refractivity contribution in [1.29, 1.82) is 0 Å². The largest absolute Gasteiger partial charge is 0.349 e. The van der Waals surface area contributed by atoms with Gasteiger partial charge in [0.05, 0.1) is 13.0 Å². The Morgan fingerprint density at radius 1 is 1.80 bits per heavy atom. The molecule has 0 fully saturated rings. The molecular weight excluding hydrogens is 130 g/mol. The van der Waals surface area contributed by atoms with Crippen LogP contribution in [0, 0.1) is 0 Å². The number of hydrogen-bond donors (Lipinski definition) is 2. The van der Waals surface area contributed by atoms with Crippen molar-refractivity contribution >= 4 is 6.34 Å². The Balaban J connectivity index is 2.51. The lowest BCUT2D eigenvalue weighted by molar-refractivity contribution is 0.128. The Morgan fingerprint density at radius 2 is 2.50 bits per heavy atom.